The van der Waals surface area contributed by atoms with Crippen molar-refractivity contribution in [1.82, 2.24) is 10.2 Å². The third-order valence-corrected chi connectivity index (χ3v) is 3.59. The fourth-order valence-electron chi connectivity index (χ4n) is 2.06. The SMILES string of the molecule is Cc1nnc(-c2ccccc2NC(=O)[C@H](C)OCC2CC2)o1. The van der Waals surface area contributed by atoms with Crippen molar-refractivity contribution in [1.29, 1.82) is 0 Å². The third-order valence-electron chi connectivity index (χ3n) is 3.59. The van der Waals surface area contributed by atoms with Gasteiger partial charge in [-0.15, -0.1) is 10.2 Å². The Hall–Kier alpha value is -2.21. The van der Waals surface area contributed by atoms with Crippen molar-refractivity contribution in [2.75, 3.05) is 11.9 Å². The Labute approximate surface area is 128 Å². The topological polar surface area (TPSA) is 77.2 Å². The molecule has 1 N–H and O–H groups in total. The average Bonchev–Trinajstić information content (AvgIpc) is 3.25. The first kappa shape index (κ1) is 14.7. The molecule has 1 fully saturated rings. The Morgan fingerprint density at radius 2 is 2.18 bits per heavy atom. The average molecular weight is 301 g/mol. The van der Waals surface area contributed by atoms with Gasteiger partial charge in [0.15, 0.2) is 0 Å². The predicted octanol–water partition coefficient (Wildman–Crippen LogP) is 2.80. The standard InChI is InChI=1S/C16H19N3O3/c1-10(21-9-12-7-8-12)15(20)17-14-6-4-3-5-13(14)16-19-18-11(2)22-16/h3-6,10,12H,7-9H2,1-2H3,(H,17,20)/t10-/m0/s1. The van der Waals surface area contributed by atoms with E-state index >= 15 is 0 Å². The van der Waals surface area contributed by atoms with E-state index in [1.165, 1.54) is 12.8 Å². The molecule has 1 amide bonds. The summed E-state index contributed by atoms with van der Waals surface area (Å²) in [6, 6.07) is 7.34. The number of aromatic nitrogens is 2. The fraction of sp³-hybridized carbons (Fsp3) is 0.438. The van der Waals surface area contributed by atoms with Crippen molar-refractivity contribution >= 4 is 11.6 Å². The molecule has 0 saturated heterocycles. The number of aryl methyl sites for hydroxylation is 1. The quantitative estimate of drug-likeness (QED) is 0.887. The molecule has 1 aliphatic rings. The Morgan fingerprint density at radius 1 is 1.41 bits per heavy atom. The van der Waals surface area contributed by atoms with E-state index in [2.05, 4.69) is 15.5 Å². The molecule has 1 saturated carbocycles. The summed E-state index contributed by atoms with van der Waals surface area (Å²) in [5, 5.41) is 10.7. The van der Waals surface area contributed by atoms with Crippen molar-refractivity contribution in [3.05, 3.63) is 30.2 Å². The van der Waals surface area contributed by atoms with Crippen molar-refractivity contribution in [2.45, 2.75) is 32.8 Å². The molecule has 1 aromatic carbocycles. The minimum atomic E-state index is -0.488. The van der Waals surface area contributed by atoms with Gasteiger partial charge in [-0.2, -0.15) is 0 Å². The largest absolute Gasteiger partial charge is 0.421 e. The van der Waals surface area contributed by atoms with Crippen molar-refractivity contribution in [2.24, 2.45) is 5.92 Å². The summed E-state index contributed by atoms with van der Waals surface area (Å²) in [5.41, 5.74) is 1.34. The summed E-state index contributed by atoms with van der Waals surface area (Å²) in [6.45, 7) is 4.14. The Kier molecular flexibility index (Phi) is 4.20. The van der Waals surface area contributed by atoms with Gasteiger partial charge in [0.2, 0.25) is 11.8 Å². The zero-order chi connectivity index (χ0) is 15.5. The first-order chi connectivity index (χ1) is 10.6. The van der Waals surface area contributed by atoms with Gasteiger partial charge in [0.1, 0.15) is 6.10 Å². The van der Waals surface area contributed by atoms with E-state index in [1.807, 2.05) is 18.2 Å². The van der Waals surface area contributed by atoms with Crippen LogP contribution >= 0.6 is 0 Å². The van der Waals surface area contributed by atoms with Gasteiger partial charge in [0.05, 0.1) is 17.9 Å². The molecule has 0 spiro atoms. The highest BCUT2D eigenvalue weighted by Gasteiger charge is 2.24. The van der Waals surface area contributed by atoms with E-state index in [-0.39, 0.29) is 5.91 Å². The number of ether oxygens (including phenoxy) is 1. The molecule has 0 aliphatic heterocycles. The first-order valence-corrected chi connectivity index (χ1v) is 7.45. The maximum absolute atomic E-state index is 12.2. The number of hydrogen-bond donors (Lipinski definition) is 1. The normalized spacial score (nSPS) is 15.5. The van der Waals surface area contributed by atoms with Crippen LogP contribution in [-0.4, -0.2) is 28.8 Å². The van der Waals surface area contributed by atoms with Gasteiger partial charge in [0, 0.05) is 6.92 Å². The molecule has 2 aromatic rings. The molecule has 0 unspecified atom stereocenters. The molecule has 1 heterocycles. The van der Waals surface area contributed by atoms with Gasteiger partial charge in [-0.3, -0.25) is 4.79 Å². The zero-order valence-electron chi connectivity index (χ0n) is 12.7. The highest BCUT2D eigenvalue weighted by atomic mass is 16.5. The number of carbonyl (C=O) groups excluding carboxylic acids is 1. The molecular weight excluding hydrogens is 282 g/mol. The second-order valence-electron chi connectivity index (χ2n) is 5.58. The minimum absolute atomic E-state index is 0.177. The lowest BCUT2D eigenvalue weighted by atomic mass is 10.1. The number of amides is 1. The molecule has 3 rings (SSSR count). The van der Waals surface area contributed by atoms with Crippen LogP contribution in [0.2, 0.25) is 0 Å². The highest BCUT2D eigenvalue weighted by molar-refractivity contribution is 5.97. The van der Waals surface area contributed by atoms with Crippen molar-refractivity contribution < 1.29 is 13.9 Å². The summed E-state index contributed by atoms with van der Waals surface area (Å²) in [4.78, 5) is 12.2. The van der Waals surface area contributed by atoms with E-state index in [1.54, 1.807) is 19.9 Å². The summed E-state index contributed by atoms with van der Waals surface area (Å²) in [5.74, 6) is 1.32. The van der Waals surface area contributed by atoms with Crippen LogP contribution in [-0.2, 0) is 9.53 Å². The fourth-order valence-corrected chi connectivity index (χ4v) is 2.06. The number of hydrogen-bond acceptors (Lipinski definition) is 5. The van der Waals surface area contributed by atoms with Crippen LogP contribution in [0, 0.1) is 12.8 Å². The molecular formula is C16H19N3O3. The van der Waals surface area contributed by atoms with Crippen molar-refractivity contribution in [3.8, 4) is 11.5 Å². The minimum Gasteiger partial charge on any atom is -0.421 e. The number of nitrogens with one attached hydrogen (secondary N) is 1. The molecule has 22 heavy (non-hydrogen) atoms. The molecule has 1 aromatic heterocycles. The van der Waals surface area contributed by atoms with Gasteiger partial charge in [-0.05, 0) is 37.8 Å². The van der Waals surface area contributed by atoms with Crippen LogP contribution in [0.4, 0.5) is 5.69 Å². The summed E-state index contributed by atoms with van der Waals surface area (Å²) >= 11 is 0. The lowest BCUT2D eigenvalue weighted by molar-refractivity contribution is -0.126. The monoisotopic (exact) mass is 301 g/mol. The van der Waals surface area contributed by atoms with Crippen molar-refractivity contribution in [3.63, 3.8) is 0 Å². The number of nitrogens with zero attached hydrogens (tertiary/aromatic N) is 2. The van der Waals surface area contributed by atoms with E-state index in [4.69, 9.17) is 9.15 Å². The van der Waals surface area contributed by atoms with Gasteiger partial charge in [-0.1, -0.05) is 12.1 Å². The summed E-state index contributed by atoms with van der Waals surface area (Å²) in [7, 11) is 0. The van der Waals surface area contributed by atoms with E-state index < -0.39 is 6.10 Å². The lowest BCUT2D eigenvalue weighted by Crippen LogP contribution is -2.28. The van der Waals surface area contributed by atoms with E-state index in [0.29, 0.717) is 35.6 Å². The van der Waals surface area contributed by atoms with Crippen LogP contribution in [0.1, 0.15) is 25.7 Å². The Morgan fingerprint density at radius 3 is 2.86 bits per heavy atom. The van der Waals surface area contributed by atoms with Crippen LogP contribution in [0.15, 0.2) is 28.7 Å². The Bertz CT molecular complexity index is 664. The number of carbonyl (C=O) groups is 1. The predicted molar refractivity (Wildman–Crippen MR) is 81.2 cm³/mol. The molecule has 0 bridgehead atoms. The molecule has 6 nitrogen and oxygen atoms in total. The van der Waals surface area contributed by atoms with Gasteiger partial charge >= 0.3 is 0 Å². The first-order valence-electron chi connectivity index (χ1n) is 7.45. The molecule has 1 atom stereocenters. The van der Waals surface area contributed by atoms with Crippen LogP contribution in [0.3, 0.4) is 0 Å². The smallest absolute Gasteiger partial charge is 0.253 e. The van der Waals surface area contributed by atoms with Crippen LogP contribution in [0.25, 0.3) is 11.5 Å². The highest BCUT2D eigenvalue weighted by Crippen LogP contribution is 2.29. The maximum atomic E-state index is 12.2. The molecule has 0 radical (unpaired) electrons. The second kappa shape index (κ2) is 6.27. The number of benzene rings is 1. The van der Waals surface area contributed by atoms with Crippen LogP contribution < -0.4 is 5.32 Å². The van der Waals surface area contributed by atoms with Gasteiger partial charge in [-0.25, -0.2) is 0 Å². The lowest BCUT2D eigenvalue weighted by Gasteiger charge is -2.14. The zero-order valence-corrected chi connectivity index (χ0v) is 12.7. The molecule has 6 heteroatoms. The number of rotatable bonds is 6. The van der Waals surface area contributed by atoms with Gasteiger partial charge < -0.3 is 14.5 Å². The molecule has 1 aliphatic carbocycles. The van der Waals surface area contributed by atoms with E-state index in [0.717, 1.165) is 0 Å². The van der Waals surface area contributed by atoms with Crippen LogP contribution in [0.5, 0.6) is 0 Å². The number of para-hydroxylation sites is 1. The third kappa shape index (κ3) is 3.51. The molecule has 116 valence electrons. The maximum Gasteiger partial charge on any atom is 0.253 e. The van der Waals surface area contributed by atoms with E-state index in [9.17, 15) is 4.79 Å². The van der Waals surface area contributed by atoms with Gasteiger partial charge in [0.25, 0.3) is 5.91 Å². The summed E-state index contributed by atoms with van der Waals surface area (Å²) < 4.78 is 11.0. The second-order valence-corrected chi connectivity index (χ2v) is 5.58. The Balaban J connectivity index is 1.70. The summed E-state index contributed by atoms with van der Waals surface area (Å²) in [6.07, 6.45) is 1.92. The number of anilines is 1.